The standard InChI is InChI=1S/C13H14BrN3O2/c1-2-17-12(15-8-16-17)7-10(13(18)19)9-5-3-4-6-11(9)14/h3-6,8,10H,2,7H2,1H3,(H,18,19). The smallest absolute Gasteiger partial charge is 0.311 e. The molecule has 2 rings (SSSR count). The molecule has 0 radical (unpaired) electrons. The van der Waals surface area contributed by atoms with E-state index in [4.69, 9.17) is 0 Å². The van der Waals surface area contributed by atoms with Gasteiger partial charge < -0.3 is 5.11 Å². The number of aryl methyl sites for hydroxylation is 1. The van der Waals surface area contributed by atoms with E-state index in [2.05, 4.69) is 26.0 Å². The molecule has 1 aromatic carbocycles. The third-order valence-corrected chi connectivity index (χ3v) is 3.68. The minimum absolute atomic E-state index is 0.325. The van der Waals surface area contributed by atoms with Crippen LogP contribution in [0.15, 0.2) is 35.1 Å². The Hall–Kier alpha value is -1.69. The Labute approximate surface area is 119 Å². The normalized spacial score (nSPS) is 12.3. The SMILES string of the molecule is CCn1ncnc1CC(C(=O)O)c1ccccc1Br. The van der Waals surface area contributed by atoms with Crippen molar-refractivity contribution in [1.82, 2.24) is 14.8 Å². The van der Waals surface area contributed by atoms with Gasteiger partial charge >= 0.3 is 5.97 Å². The molecule has 0 bridgehead atoms. The van der Waals surface area contributed by atoms with Crippen LogP contribution in [0.2, 0.25) is 0 Å². The monoisotopic (exact) mass is 323 g/mol. The summed E-state index contributed by atoms with van der Waals surface area (Å²) in [7, 11) is 0. The minimum Gasteiger partial charge on any atom is -0.481 e. The number of carboxylic acids is 1. The number of carboxylic acid groups (broad SMARTS) is 1. The van der Waals surface area contributed by atoms with Crippen LogP contribution in [-0.2, 0) is 17.8 Å². The predicted molar refractivity (Wildman–Crippen MR) is 73.9 cm³/mol. The molecule has 2 aromatic rings. The van der Waals surface area contributed by atoms with Crippen molar-refractivity contribution >= 4 is 21.9 Å². The molecule has 0 amide bonds. The molecule has 1 N–H and O–H groups in total. The Morgan fingerprint density at radius 3 is 2.84 bits per heavy atom. The van der Waals surface area contributed by atoms with Crippen molar-refractivity contribution in [2.45, 2.75) is 25.8 Å². The van der Waals surface area contributed by atoms with Crippen molar-refractivity contribution in [3.8, 4) is 0 Å². The van der Waals surface area contributed by atoms with Crippen LogP contribution in [-0.4, -0.2) is 25.8 Å². The Kier molecular flexibility index (Phi) is 4.31. The van der Waals surface area contributed by atoms with Gasteiger partial charge in [0.15, 0.2) is 0 Å². The van der Waals surface area contributed by atoms with Crippen molar-refractivity contribution in [2.75, 3.05) is 0 Å². The average molecular weight is 324 g/mol. The van der Waals surface area contributed by atoms with Gasteiger partial charge in [-0.3, -0.25) is 9.48 Å². The van der Waals surface area contributed by atoms with Gasteiger partial charge in [0.2, 0.25) is 0 Å². The first-order chi connectivity index (χ1) is 9.13. The number of aliphatic carboxylic acids is 1. The summed E-state index contributed by atoms with van der Waals surface area (Å²) in [5.74, 6) is -0.812. The lowest BCUT2D eigenvalue weighted by Gasteiger charge is -2.14. The van der Waals surface area contributed by atoms with E-state index in [0.29, 0.717) is 18.8 Å². The summed E-state index contributed by atoms with van der Waals surface area (Å²) in [5.41, 5.74) is 0.751. The Bertz CT molecular complexity index is 583. The molecule has 0 fully saturated rings. The Balaban J connectivity index is 2.32. The first kappa shape index (κ1) is 13.7. The van der Waals surface area contributed by atoms with Crippen molar-refractivity contribution in [3.05, 3.63) is 46.5 Å². The van der Waals surface area contributed by atoms with E-state index >= 15 is 0 Å². The van der Waals surface area contributed by atoms with Gasteiger partial charge in [-0.15, -0.1) is 0 Å². The van der Waals surface area contributed by atoms with Crippen molar-refractivity contribution < 1.29 is 9.90 Å². The van der Waals surface area contributed by atoms with Gasteiger partial charge in [-0.1, -0.05) is 34.1 Å². The molecule has 1 unspecified atom stereocenters. The summed E-state index contributed by atoms with van der Waals surface area (Å²) < 4.78 is 2.51. The molecule has 100 valence electrons. The lowest BCUT2D eigenvalue weighted by atomic mass is 9.95. The zero-order chi connectivity index (χ0) is 13.8. The predicted octanol–water partition coefficient (Wildman–Crippen LogP) is 2.47. The molecule has 0 spiro atoms. The van der Waals surface area contributed by atoms with Gasteiger partial charge in [0, 0.05) is 17.4 Å². The van der Waals surface area contributed by atoms with E-state index in [-0.39, 0.29) is 0 Å². The van der Waals surface area contributed by atoms with Gasteiger partial charge in [-0.05, 0) is 18.6 Å². The molecule has 1 heterocycles. The number of carbonyl (C=O) groups is 1. The fraction of sp³-hybridized carbons (Fsp3) is 0.308. The summed E-state index contributed by atoms with van der Waals surface area (Å²) in [4.78, 5) is 15.6. The topological polar surface area (TPSA) is 68.0 Å². The molecule has 19 heavy (non-hydrogen) atoms. The number of aromatic nitrogens is 3. The van der Waals surface area contributed by atoms with Crippen LogP contribution in [0.25, 0.3) is 0 Å². The zero-order valence-corrected chi connectivity index (χ0v) is 12.0. The second-order valence-corrected chi connectivity index (χ2v) is 4.96. The number of rotatable bonds is 5. The molecule has 0 saturated carbocycles. The summed E-state index contributed by atoms with van der Waals surface area (Å²) in [6.45, 7) is 2.63. The fourth-order valence-corrected chi connectivity index (χ4v) is 2.54. The number of nitrogens with zero attached hydrogens (tertiary/aromatic N) is 3. The van der Waals surface area contributed by atoms with Crippen LogP contribution in [0.1, 0.15) is 24.2 Å². The maximum atomic E-state index is 11.5. The maximum Gasteiger partial charge on any atom is 0.311 e. The van der Waals surface area contributed by atoms with E-state index < -0.39 is 11.9 Å². The molecule has 5 nitrogen and oxygen atoms in total. The van der Waals surface area contributed by atoms with Crippen molar-refractivity contribution in [3.63, 3.8) is 0 Å². The minimum atomic E-state index is -0.863. The van der Waals surface area contributed by atoms with E-state index in [1.807, 2.05) is 31.2 Å². The summed E-state index contributed by atoms with van der Waals surface area (Å²) in [5, 5.41) is 13.5. The van der Waals surface area contributed by atoms with Crippen LogP contribution >= 0.6 is 15.9 Å². The summed E-state index contributed by atoms with van der Waals surface area (Å²) >= 11 is 3.40. The molecule has 6 heteroatoms. The molecule has 0 aliphatic carbocycles. The van der Waals surface area contributed by atoms with E-state index in [1.54, 1.807) is 4.68 Å². The van der Waals surface area contributed by atoms with Gasteiger partial charge in [-0.2, -0.15) is 5.10 Å². The lowest BCUT2D eigenvalue weighted by Crippen LogP contribution is -2.18. The van der Waals surface area contributed by atoms with Gasteiger partial charge in [0.1, 0.15) is 12.2 Å². The lowest BCUT2D eigenvalue weighted by molar-refractivity contribution is -0.138. The van der Waals surface area contributed by atoms with Crippen LogP contribution in [0.5, 0.6) is 0 Å². The second-order valence-electron chi connectivity index (χ2n) is 4.11. The first-order valence-electron chi connectivity index (χ1n) is 5.97. The van der Waals surface area contributed by atoms with E-state index in [9.17, 15) is 9.90 Å². The van der Waals surface area contributed by atoms with Gasteiger partial charge in [0.25, 0.3) is 0 Å². The van der Waals surface area contributed by atoms with Crippen LogP contribution in [0.3, 0.4) is 0 Å². The summed E-state index contributed by atoms with van der Waals surface area (Å²) in [6, 6.07) is 7.35. The van der Waals surface area contributed by atoms with Crippen molar-refractivity contribution in [1.29, 1.82) is 0 Å². The third-order valence-electron chi connectivity index (χ3n) is 2.96. The van der Waals surface area contributed by atoms with Crippen LogP contribution in [0.4, 0.5) is 0 Å². The molecule has 1 aromatic heterocycles. The van der Waals surface area contributed by atoms with Crippen LogP contribution < -0.4 is 0 Å². The molecule has 0 aliphatic rings. The highest BCUT2D eigenvalue weighted by molar-refractivity contribution is 9.10. The van der Waals surface area contributed by atoms with Crippen LogP contribution in [0, 0.1) is 0 Å². The zero-order valence-electron chi connectivity index (χ0n) is 10.5. The highest BCUT2D eigenvalue weighted by Gasteiger charge is 2.24. The van der Waals surface area contributed by atoms with Crippen molar-refractivity contribution in [2.24, 2.45) is 0 Å². The fourth-order valence-electron chi connectivity index (χ4n) is 1.98. The second kappa shape index (κ2) is 5.97. The van der Waals surface area contributed by atoms with Gasteiger partial charge in [0.05, 0.1) is 5.92 Å². The van der Waals surface area contributed by atoms with Gasteiger partial charge in [-0.25, -0.2) is 4.98 Å². The third kappa shape index (κ3) is 3.01. The Morgan fingerprint density at radius 2 is 2.21 bits per heavy atom. The molecule has 0 saturated heterocycles. The number of hydrogen-bond acceptors (Lipinski definition) is 3. The number of hydrogen-bond donors (Lipinski definition) is 1. The first-order valence-corrected chi connectivity index (χ1v) is 6.76. The molecule has 0 aliphatic heterocycles. The maximum absolute atomic E-state index is 11.5. The number of halogens is 1. The summed E-state index contributed by atoms with van der Waals surface area (Å²) in [6.07, 6.45) is 1.78. The quantitative estimate of drug-likeness (QED) is 0.917. The highest BCUT2D eigenvalue weighted by Crippen LogP contribution is 2.27. The molecule has 1 atom stereocenters. The molecular formula is C13H14BrN3O2. The molecular weight excluding hydrogens is 310 g/mol. The Morgan fingerprint density at radius 1 is 1.47 bits per heavy atom. The highest BCUT2D eigenvalue weighted by atomic mass is 79.9. The largest absolute Gasteiger partial charge is 0.481 e. The van der Waals surface area contributed by atoms with E-state index in [1.165, 1.54) is 6.33 Å². The average Bonchev–Trinajstić information content (AvgIpc) is 2.84. The van der Waals surface area contributed by atoms with E-state index in [0.717, 1.165) is 10.0 Å². The number of benzene rings is 1.